The first-order valence-electron chi connectivity index (χ1n) is 5.74. The molecule has 2 amide bonds. The number of carbonyl (C=O) groups is 2. The minimum absolute atomic E-state index is 0.175. The number of hydrogen-bond acceptors (Lipinski definition) is 3. The predicted octanol–water partition coefficient (Wildman–Crippen LogP) is 2.46. The van der Waals surface area contributed by atoms with E-state index in [4.69, 9.17) is 11.6 Å². The Morgan fingerprint density at radius 3 is 2.68 bits per heavy atom. The number of nitrogens with zero attached hydrogens (tertiary/aromatic N) is 2. The number of pyridine rings is 1. The highest BCUT2D eigenvalue weighted by atomic mass is 35.5. The van der Waals surface area contributed by atoms with Crippen molar-refractivity contribution < 1.29 is 9.59 Å². The molecule has 0 atom stereocenters. The molecular formula is C14H9ClN2O2. The molecule has 0 radical (unpaired) electrons. The average Bonchev–Trinajstić information content (AvgIpc) is 2.41. The number of anilines is 1. The molecule has 1 aromatic heterocycles. The Kier molecular flexibility index (Phi) is 2.80. The minimum atomic E-state index is -0.382. The summed E-state index contributed by atoms with van der Waals surface area (Å²) in [4.78, 5) is 29.6. The van der Waals surface area contributed by atoms with Crippen molar-refractivity contribution in [2.75, 3.05) is 4.90 Å². The predicted molar refractivity (Wildman–Crippen MR) is 71.2 cm³/mol. The van der Waals surface area contributed by atoms with E-state index in [-0.39, 0.29) is 29.1 Å². The zero-order chi connectivity index (χ0) is 13.4. The van der Waals surface area contributed by atoms with E-state index in [1.165, 1.54) is 6.20 Å². The van der Waals surface area contributed by atoms with E-state index in [1.807, 2.05) is 6.07 Å². The molecule has 2 heterocycles. The first kappa shape index (κ1) is 11.9. The Bertz CT molecular complexity index is 685. The van der Waals surface area contributed by atoms with Crippen LogP contribution in [-0.4, -0.2) is 16.8 Å². The van der Waals surface area contributed by atoms with Crippen LogP contribution in [0.2, 0.25) is 5.02 Å². The van der Waals surface area contributed by atoms with Gasteiger partial charge >= 0.3 is 0 Å². The normalized spacial score (nSPS) is 14.5. The van der Waals surface area contributed by atoms with Crippen molar-refractivity contribution in [2.45, 2.75) is 6.42 Å². The van der Waals surface area contributed by atoms with Gasteiger partial charge in [-0.3, -0.25) is 9.59 Å². The number of rotatable bonds is 1. The van der Waals surface area contributed by atoms with Crippen LogP contribution < -0.4 is 4.90 Å². The van der Waals surface area contributed by atoms with E-state index in [9.17, 15) is 9.59 Å². The van der Waals surface area contributed by atoms with Crippen LogP contribution in [0, 0.1) is 0 Å². The maximum atomic E-state index is 12.4. The Hall–Kier alpha value is -2.20. The summed E-state index contributed by atoms with van der Waals surface area (Å²) in [6.07, 6.45) is 1.68. The van der Waals surface area contributed by atoms with Gasteiger partial charge in [0, 0.05) is 11.8 Å². The molecule has 5 heteroatoms. The van der Waals surface area contributed by atoms with Crippen LogP contribution in [0.4, 0.5) is 5.82 Å². The molecule has 0 N–H and O–H groups in total. The number of aromatic nitrogens is 1. The molecule has 19 heavy (non-hydrogen) atoms. The van der Waals surface area contributed by atoms with E-state index in [0.29, 0.717) is 5.56 Å². The quantitative estimate of drug-likeness (QED) is 0.750. The molecule has 1 aromatic carbocycles. The summed E-state index contributed by atoms with van der Waals surface area (Å²) in [6.45, 7) is 0. The van der Waals surface area contributed by atoms with Gasteiger partial charge in [-0.05, 0) is 23.8 Å². The number of benzene rings is 1. The van der Waals surface area contributed by atoms with Gasteiger partial charge in [0.2, 0.25) is 5.91 Å². The van der Waals surface area contributed by atoms with E-state index < -0.39 is 0 Å². The summed E-state index contributed by atoms with van der Waals surface area (Å²) < 4.78 is 0. The maximum Gasteiger partial charge on any atom is 0.266 e. The number of carbonyl (C=O) groups excluding carboxylic acids is 2. The van der Waals surface area contributed by atoms with E-state index in [0.717, 1.165) is 10.5 Å². The summed E-state index contributed by atoms with van der Waals surface area (Å²) >= 11 is 6.01. The SMILES string of the molecule is O=C1Cc2ccccc2C(=O)N1c1ncccc1Cl. The lowest BCUT2D eigenvalue weighted by atomic mass is 9.98. The van der Waals surface area contributed by atoms with Gasteiger partial charge < -0.3 is 0 Å². The molecule has 0 saturated carbocycles. The van der Waals surface area contributed by atoms with Crippen molar-refractivity contribution in [1.29, 1.82) is 0 Å². The van der Waals surface area contributed by atoms with Crippen molar-refractivity contribution in [3.8, 4) is 0 Å². The third-order valence-corrected chi connectivity index (χ3v) is 3.29. The number of amides is 2. The monoisotopic (exact) mass is 272 g/mol. The van der Waals surface area contributed by atoms with Crippen LogP contribution in [0.1, 0.15) is 15.9 Å². The van der Waals surface area contributed by atoms with E-state index in [1.54, 1.807) is 30.3 Å². The fraction of sp³-hybridized carbons (Fsp3) is 0.0714. The lowest BCUT2D eigenvalue weighted by molar-refractivity contribution is -0.117. The highest BCUT2D eigenvalue weighted by molar-refractivity contribution is 6.35. The van der Waals surface area contributed by atoms with Gasteiger partial charge in [0.05, 0.1) is 11.4 Å². The molecule has 0 spiro atoms. The topological polar surface area (TPSA) is 50.3 Å². The lowest BCUT2D eigenvalue weighted by Crippen LogP contribution is -2.43. The van der Waals surface area contributed by atoms with Crippen LogP contribution in [0.25, 0.3) is 0 Å². The maximum absolute atomic E-state index is 12.4. The van der Waals surface area contributed by atoms with E-state index >= 15 is 0 Å². The summed E-state index contributed by atoms with van der Waals surface area (Å²) in [5.74, 6) is -0.509. The fourth-order valence-electron chi connectivity index (χ4n) is 2.11. The van der Waals surface area contributed by atoms with Gasteiger partial charge in [-0.1, -0.05) is 29.8 Å². The Balaban J connectivity index is 2.12. The first-order valence-corrected chi connectivity index (χ1v) is 6.12. The first-order chi connectivity index (χ1) is 9.18. The summed E-state index contributed by atoms with van der Waals surface area (Å²) in [5.41, 5.74) is 1.25. The molecular weight excluding hydrogens is 264 g/mol. The van der Waals surface area contributed by atoms with Crippen LogP contribution in [0.3, 0.4) is 0 Å². The average molecular weight is 273 g/mol. The van der Waals surface area contributed by atoms with Gasteiger partial charge in [0.1, 0.15) is 0 Å². The zero-order valence-corrected chi connectivity index (χ0v) is 10.6. The van der Waals surface area contributed by atoms with Gasteiger partial charge in [-0.15, -0.1) is 0 Å². The third-order valence-electron chi connectivity index (χ3n) is 2.99. The molecule has 94 valence electrons. The molecule has 1 aliphatic heterocycles. The standard InChI is InChI=1S/C14H9ClN2O2/c15-11-6-3-7-16-13(11)17-12(18)8-9-4-1-2-5-10(9)14(17)19/h1-7H,8H2. The molecule has 3 rings (SSSR count). The van der Waals surface area contributed by atoms with Crippen molar-refractivity contribution in [1.82, 2.24) is 4.98 Å². The summed E-state index contributed by atoms with van der Waals surface area (Å²) in [5, 5.41) is 0.281. The number of imide groups is 1. The van der Waals surface area contributed by atoms with Gasteiger partial charge in [0.25, 0.3) is 5.91 Å². The number of hydrogen-bond donors (Lipinski definition) is 0. The molecule has 0 aliphatic carbocycles. The molecule has 2 aromatic rings. The van der Waals surface area contributed by atoms with Gasteiger partial charge in [-0.2, -0.15) is 0 Å². The third kappa shape index (κ3) is 1.90. The van der Waals surface area contributed by atoms with Crippen LogP contribution in [0.15, 0.2) is 42.6 Å². The Morgan fingerprint density at radius 2 is 1.89 bits per heavy atom. The second kappa shape index (κ2) is 4.48. The molecule has 0 bridgehead atoms. The lowest BCUT2D eigenvalue weighted by Gasteiger charge is -2.26. The Labute approximate surface area is 114 Å². The zero-order valence-electron chi connectivity index (χ0n) is 9.84. The van der Waals surface area contributed by atoms with Crippen molar-refractivity contribution in [3.63, 3.8) is 0 Å². The largest absolute Gasteiger partial charge is 0.274 e. The molecule has 4 nitrogen and oxygen atoms in total. The van der Waals surface area contributed by atoms with Gasteiger partial charge in [0.15, 0.2) is 5.82 Å². The second-order valence-electron chi connectivity index (χ2n) is 4.18. The van der Waals surface area contributed by atoms with Crippen LogP contribution in [0.5, 0.6) is 0 Å². The number of fused-ring (bicyclic) bond motifs is 1. The fourth-order valence-corrected chi connectivity index (χ4v) is 2.32. The van der Waals surface area contributed by atoms with Crippen LogP contribution in [-0.2, 0) is 11.2 Å². The van der Waals surface area contributed by atoms with Crippen LogP contribution >= 0.6 is 11.6 Å². The molecule has 1 aliphatic rings. The molecule has 0 unspecified atom stereocenters. The molecule has 0 saturated heterocycles. The van der Waals surface area contributed by atoms with Crippen molar-refractivity contribution in [2.24, 2.45) is 0 Å². The smallest absolute Gasteiger partial charge is 0.266 e. The Morgan fingerprint density at radius 1 is 1.11 bits per heavy atom. The van der Waals surface area contributed by atoms with Crippen molar-refractivity contribution in [3.05, 3.63) is 58.7 Å². The van der Waals surface area contributed by atoms with Gasteiger partial charge in [-0.25, -0.2) is 9.88 Å². The van der Waals surface area contributed by atoms with Crippen molar-refractivity contribution >= 4 is 29.2 Å². The van der Waals surface area contributed by atoms with E-state index in [2.05, 4.69) is 4.98 Å². The highest BCUT2D eigenvalue weighted by Gasteiger charge is 2.33. The molecule has 0 fully saturated rings. The summed E-state index contributed by atoms with van der Waals surface area (Å²) in [7, 11) is 0. The highest BCUT2D eigenvalue weighted by Crippen LogP contribution is 2.28. The second-order valence-corrected chi connectivity index (χ2v) is 4.58. The minimum Gasteiger partial charge on any atom is -0.274 e. The number of halogens is 1. The summed E-state index contributed by atoms with van der Waals surface area (Å²) in [6, 6.07) is 10.3.